The van der Waals surface area contributed by atoms with Gasteiger partial charge >= 0.3 is 0 Å². The average Bonchev–Trinajstić information content (AvgIpc) is 3.34. The summed E-state index contributed by atoms with van der Waals surface area (Å²) in [5, 5.41) is 12.2. The number of rotatable bonds is 4. The van der Waals surface area contributed by atoms with E-state index in [-0.39, 0.29) is 0 Å². The smallest absolute Gasteiger partial charge is 0.166 e. The molecule has 0 amide bonds. The van der Waals surface area contributed by atoms with Gasteiger partial charge in [0.05, 0.1) is 28.4 Å². The Hall–Kier alpha value is -5.60. The molecule has 0 bridgehead atoms. The highest BCUT2D eigenvalue weighted by atomic mass is 15.1. The zero-order valence-corrected chi connectivity index (χ0v) is 21.8. The monoisotopic (exact) mass is 513 g/mol. The molecule has 0 N–H and O–H groups in total. The standard InChI is InChI=1S/C35H23N5/c1-23-16-18-31-28(20-23)27-14-8-9-15-30(27)40(31)32-19-17-24(22-36)21-29(32)35-38-33(25-10-4-2-5-11-25)37-34(39-35)26-12-6-3-7-13-26/h2-21H,1H3. The van der Waals surface area contributed by atoms with E-state index in [1.807, 2.05) is 78.9 Å². The van der Waals surface area contributed by atoms with Gasteiger partial charge in [0.15, 0.2) is 17.5 Å². The minimum absolute atomic E-state index is 0.512. The molecule has 0 aliphatic carbocycles. The lowest BCUT2D eigenvalue weighted by Gasteiger charge is -2.15. The first-order chi connectivity index (χ1) is 19.7. The molecule has 0 spiro atoms. The van der Waals surface area contributed by atoms with Crippen LogP contribution in [-0.4, -0.2) is 19.5 Å². The fourth-order valence-corrected chi connectivity index (χ4v) is 5.25. The second kappa shape index (κ2) is 9.61. The molecule has 5 nitrogen and oxygen atoms in total. The van der Waals surface area contributed by atoms with Gasteiger partial charge in [-0.25, -0.2) is 15.0 Å². The molecule has 0 unspecified atom stereocenters. The second-order valence-corrected chi connectivity index (χ2v) is 9.76. The molecular weight excluding hydrogens is 490 g/mol. The van der Waals surface area contributed by atoms with Gasteiger partial charge in [-0.2, -0.15) is 5.26 Å². The molecule has 188 valence electrons. The Labute approximate surface area is 231 Å². The van der Waals surface area contributed by atoms with Gasteiger partial charge < -0.3 is 4.57 Å². The van der Waals surface area contributed by atoms with Crippen LogP contribution in [-0.2, 0) is 0 Å². The minimum atomic E-state index is 0.512. The van der Waals surface area contributed by atoms with Crippen molar-refractivity contribution in [2.24, 2.45) is 0 Å². The molecule has 5 heteroatoms. The summed E-state index contributed by atoms with van der Waals surface area (Å²) in [4.78, 5) is 14.8. The number of aryl methyl sites for hydroxylation is 1. The fourth-order valence-electron chi connectivity index (χ4n) is 5.25. The Morgan fingerprint density at radius 3 is 1.85 bits per heavy atom. The first-order valence-corrected chi connectivity index (χ1v) is 13.1. The topological polar surface area (TPSA) is 67.4 Å². The molecule has 0 radical (unpaired) electrons. The summed E-state index contributed by atoms with van der Waals surface area (Å²) in [6.07, 6.45) is 0. The van der Waals surface area contributed by atoms with Crippen molar-refractivity contribution in [3.8, 4) is 45.9 Å². The molecule has 0 atom stereocenters. The van der Waals surface area contributed by atoms with E-state index < -0.39 is 0 Å². The highest BCUT2D eigenvalue weighted by Gasteiger charge is 2.19. The van der Waals surface area contributed by atoms with Gasteiger partial charge in [0, 0.05) is 27.5 Å². The quantitative estimate of drug-likeness (QED) is 0.238. The number of para-hydroxylation sites is 1. The summed E-state index contributed by atoms with van der Waals surface area (Å²) in [5.41, 5.74) is 7.36. The van der Waals surface area contributed by atoms with Crippen LogP contribution in [0, 0.1) is 18.3 Å². The third-order valence-electron chi connectivity index (χ3n) is 7.13. The van der Waals surface area contributed by atoms with E-state index in [1.54, 1.807) is 0 Å². The van der Waals surface area contributed by atoms with E-state index in [0.717, 1.165) is 33.4 Å². The Morgan fingerprint density at radius 1 is 0.575 bits per heavy atom. The fraction of sp³-hybridized carbons (Fsp3) is 0.0286. The Bertz CT molecular complexity index is 2010. The third kappa shape index (κ3) is 4.00. The SMILES string of the molecule is Cc1ccc2c(c1)c1ccccc1n2-c1ccc(C#N)cc1-c1nc(-c2ccccc2)nc(-c2ccccc2)n1. The van der Waals surface area contributed by atoms with Crippen LogP contribution in [0.25, 0.3) is 61.7 Å². The predicted octanol–water partition coefficient (Wildman–Crippen LogP) is 8.15. The lowest BCUT2D eigenvalue weighted by molar-refractivity contribution is 1.06. The molecule has 2 aromatic heterocycles. The summed E-state index contributed by atoms with van der Waals surface area (Å²) >= 11 is 0. The maximum atomic E-state index is 9.86. The number of benzene rings is 5. The normalized spacial score (nSPS) is 11.1. The van der Waals surface area contributed by atoms with Gasteiger partial charge in [0.25, 0.3) is 0 Å². The van der Waals surface area contributed by atoms with Crippen molar-refractivity contribution in [3.63, 3.8) is 0 Å². The van der Waals surface area contributed by atoms with Crippen LogP contribution in [0.4, 0.5) is 0 Å². The summed E-state index contributed by atoms with van der Waals surface area (Å²) in [6, 6.07) is 42.8. The molecule has 0 saturated carbocycles. The van der Waals surface area contributed by atoms with Crippen LogP contribution in [0.15, 0.2) is 121 Å². The van der Waals surface area contributed by atoms with E-state index in [2.05, 4.69) is 60.0 Å². The number of nitriles is 1. The van der Waals surface area contributed by atoms with E-state index in [0.29, 0.717) is 23.0 Å². The molecule has 5 aromatic carbocycles. The number of hydrogen-bond donors (Lipinski definition) is 0. The lowest BCUT2D eigenvalue weighted by Crippen LogP contribution is -2.04. The maximum absolute atomic E-state index is 9.86. The zero-order chi connectivity index (χ0) is 27.1. The largest absolute Gasteiger partial charge is 0.309 e. The molecular formula is C35H23N5. The summed E-state index contributed by atoms with van der Waals surface area (Å²) in [6.45, 7) is 2.11. The van der Waals surface area contributed by atoms with Crippen LogP contribution in [0.1, 0.15) is 11.1 Å². The summed E-state index contributed by atoms with van der Waals surface area (Å²) in [5.74, 6) is 1.67. The summed E-state index contributed by atoms with van der Waals surface area (Å²) in [7, 11) is 0. The zero-order valence-electron chi connectivity index (χ0n) is 21.8. The van der Waals surface area contributed by atoms with Crippen molar-refractivity contribution in [2.45, 2.75) is 6.92 Å². The molecule has 40 heavy (non-hydrogen) atoms. The first kappa shape index (κ1) is 23.5. The van der Waals surface area contributed by atoms with Gasteiger partial charge in [0.1, 0.15) is 0 Å². The predicted molar refractivity (Wildman–Crippen MR) is 160 cm³/mol. The van der Waals surface area contributed by atoms with Gasteiger partial charge in [0.2, 0.25) is 0 Å². The Balaban J connectivity index is 1.56. The Kier molecular flexibility index (Phi) is 5.65. The average molecular weight is 514 g/mol. The lowest BCUT2D eigenvalue weighted by atomic mass is 10.1. The van der Waals surface area contributed by atoms with E-state index in [4.69, 9.17) is 15.0 Å². The van der Waals surface area contributed by atoms with Crippen LogP contribution >= 0.6 is 0 Å². The molecule has 7 rings (SSSR count). The van der Waals surface area contributed by atoms with Gasteiger partial charge in [-0.1, -0.05) is 90.5 Å². The maximum Gasteiger partial charge on any atom is 0.166 e. The molecule has 0 saturated heterocycles. The van der Waals surface area contributed by atoms with Gasteiger partial charge in [-0.15, -0.1) is 0 Å². The molecule has 2 heterocycles. The Morgan fingerprint density at radius 2 is 1.18 bits per heavy atom. The van der Waals surface area contributed by atoms with Gasteiger partial charge in [-0.05, 0) is 43.3 Å². The van der Waals surface area contributed by atoms with Crippen LogP contribution in [0.5, 0.6) is 0 Å². The number of hydrogen-bond acceptors (Lipinski definition) is 4. The van der Waals surface area contributed by atoms with Crippen molar-refractivity contribution in [3.05, 3.63) is 132 Å². The number of nitrogens with zero attached hydrogens (tertiary/aromatic N) is 5. The van der Waals surface area contributed by atoms with Crippen molar-refractivity contribution < 1.29 is 0 Å². The molecule has 7 aromatic rings. The molecule has 0 aliphatic rings. The van der Waals surface area contributed by atoms with Crippen molar-refractivity contribution in [1.29, 1.82) is 5.26 Å². The van der Waals surface area contributed by atoms with Crippen LogP contribution < -0.4 is 0 Å². The molecule has 0 aliphatic heterocycles. The minimum Gasteiger partial charge on any atom is -0.309 e. The molecule has 0 fully saturated rings. The first-order valence-electron chi connectivity index (χ1n) is 13.1. The van der Waals surface area contributed by atoms with Gasteiger partial charge in [-0.3, -0.25) is 0 Å². The number of aromatic nitrogens is 4. The van der Waals surface area contributed by atoms with Crippen molar-refractivity contribution in [2.75, 3.05) is 0 Å². The summed E-state index contributed by atoms with van der Waals surface area (Å²) < 4.78 is 2.24. The van der Waals surface area contributed by atoms with E-state index in [9.17, 15) is 5.26 Å². The highest BCUT2D eigenvalue weighted by Crippen LogP contribution is 2.37. The van der Waals surface area contributed by atoms with E-state index in [1.165, 1.54) is 16.3 Å². The third-order valence-corrected chi connectivity index (χ3v) is 7.13. The van der Waals surface area contributed by atoms with Crippen LogP contribution in [0.2, 0.25) is 0 Å². The van der Waals surface area contributed by atoms with Crippen LogP contribution in [0.3, 0.4) is 0 Å². The highest BCUT2D eigenvalue weighted by molar-refractivity contribution is 6.10. The van der Waals surface area contributed by atoms with Crippen molar-refractivity contribution >= 4 is 21.8 Å². The van der Waals surface area contributed by atoms with E-state index >= 15 is 0 Å². The van der Waals surface area contributed by atoms with Crippen molar-refractivity contribution in [1.82, 2.24) is 19.5 Å². The number of fused-ring (bicyclic) bond motifs is 3. The second-order valence-electron chi connectivity index (χ2n) is 9.76.